The van der Waals surface area contributed by atoms with E-state index in [9.17, 15) is 4.79 Å². The van der Waals surface area contributed by atoms with E-state index in [-0.39, 0.29) is 11.9 Å². The van der Waals surface area contributed by atoms with E-state index < -0.39 is 0 Å². The lowest BCUT2D eigenvalue weighted by atomic mass is 10.0. The molecule has 5 heteroatoms. The molecule has 0 bridgehead atoms. The average Bonchev–Trinajstić information content (AvgIpc) is 3.00. The molecule has 0 saturated carbocycles. The summed E-state index contributed by atoms with van der Waals surface area (Å²) in [4.78, 5) is 16.3. The number of carbonyl (C=O) groups is 1. The molecule has 0 radical (unpaired) electrons. The van der Waals surface area contributed by atoms with Crippen molar-refractivity contribution in [2.75, 3.05) is 6.54 Å². The van der Waals surface area contributed by atoms with Gasteiger partial charge >= 0.3 is 0 Å². The van der Waals surface area contributed by atoms with Crippen molar-refractivity contribution in [3.63, 3.8) is 0 Å². The summed E-state index contributed by atoms with van der Waals surface area (Å²) in [5.41, 5.74) is 2.18. The Balaban J connectivity index is 1.57. The number of aryl methyl sites for hydroxylation is 1. The number of nitrogens with zero attached hydrogens (tertiary/aromatic N) is 2. The number of amides is 1. The molecule has 1 aromatic heterocycles. The summed E-state index contributed by atoms with van der Waals surface area (Å²) in [7, 11) is 0. The van der Waals surface area contributed by atoms with Crippen LogP contribution in [-0.2, 0) is 11.3 Å². The van der Waals surface area contributed by atoms with Crippen molar-refractivity contribution in [3.8, 4) is 5.69 Å². The molecule has 1 aromatic carbocycles. The zero-order chi connectivity index (χ0) is 15.4. The van der Waals surface area contributed by atoms with E-state index in [1.54, 1.807) is 6.20 Å². The topological polar surface area (TPSA) is 59.0 Å². The third-order valence-electron chi connectivity index (χ3n) is 4.13. The van der Waals surface area contributed by atoms with Gasteiger partial charge in [0.2, 0.25) is 5.91 Å². The number of benzene rings is 1. The lowest BCUT2D eigenvalue weighted by Crippen LogP contribution is -2.46. The Labute approximate surface area is 130 Å². The Bertz CT molecular complexity index is 626. The highest BCUT2D eigenvalue weighted by molar-refractivity contribution is 5.81. The largest absolute Gasteiger partial charge is 0.351 e. The highest BCUT2D eigenvalue weighted by Gasteiger charge is 2.19. The van der Waals surface area contributed by atoms with Crippen molar-refractivity contribution in [1.29, 1.82) is 0 Å². The number of aromatic nitrogens is 2. The molecular formula is C17H22N4O. The van der Waals surface area contributed by atoms with Crippen molar-refractivity contribution in [2.45, 2.75) is 38.8 Å². The molecule has 1 aliphatic rings. The van der Waals surface area contributed by atoms with Crippen LogP contribution >= 0.6 is 0 Å². The third kappa shape index (κ3) is 3.36. The standard InChI is InChI=1S/C17H22N4O/c1-13-18-10-11-21(13)15-7-5-14(6-8-15)12-20-17(22)16-4-2-3-9-19-16/h5-8,10-11,16,19H,2-4,9,12H2,1H3,(H,20,22)/t16-/m0/s1. The van der Waals surface area contributed by atoms with Crippen molar-refractivity contribution in [2.24, 2.45) is 0 Å². The maximum atomic E-state index is 12.1. The van der Waals surface area contributed by atoms with E-state index in [1.807, 2.05) is 29.8 Å². The summed E-state index contributed by atoms with van der Waals surface area (Å²) in [6.07, 6.45) is 6.97. The van der Waals surface area contributed by atoms with E-state index in [0.29, 0.717) is 6.54 Å². The first-order valence-corrected chi connectivity index (χ1v) is 7.84. The van der Waals surface area contributed by atoms with Gasteiger partial charge in [0, 0.05) is 24.6 Å². The Kier molecular flexibility index (Phi) is 4.53. The first-order valence-electron chi connectivity index (χ1n) is 7.84. The van der Waals surface area contributed by atoms with Crippen LogP contribution in [0.4, 0.5) is 0 Å². The molecule has 1 fully saturated rings. The summed E-state index contributed by atoms with van der Waals surface area (Å²) < 4.78 is 2.04. The van der Waals surface area contributed by atoms with Crippen molar-refractivity contribution < 1.29 is 4.79 Å². The molecule has 0 spiro atoms. The Morgan fingerprint density at radius 2 is 2.18 bits per heavy atom. The molecule has 1 amide bonds. The summed E-state index contributed by atoms with van der Waals surface area (Å²) in [6.45, 7) is 3.49. The molecule has 1 atom stereocenters. The summed E-state index contributed by atoms with van der Waals surface area (Å²) in [6, 6.07) is 8.16. The average molecular weight is 298 g/mol. The highest BCUT2D eigenvalue weighted by Crippen LogP contribution is 2.12. The van der Waals surface area contributed by atoms with Crippen LogP contribution in [0, 0.1) is 6.92 Å². The van der Waals surface area contributed by atoms with Crippen molar-refractivity contribution in [1.82, 2.24) is 20.2 Å². The van der Waals surface area contributed by atoms with Gasteiger partial charge in [0.1, 0.15) is 5.82 Å². The predicted molar refractivity (Wildman–Crippen MR) is 85.8 cm³/mol. The monoisotopic (exact) mass is 298 g/mol. The maximum Gasteiger partial charge on any atom is 0.237 e. The van der Waals surface area contributed by atoms with Gasteiger partial charge in [-0.05, 0) is 44.0 Å². The van der Waals surface area contributed by atoms with Crippen LogP contribution in [0.15, 0.2) is 36.7 Å². The van der Waals surface area contributed by atoms with Gasteiger partial charge in [-0.15, -0.1) is 0 Å². The van der Waals surface area contributed by atoms with Gasteiger partial charge in [-0.3, -0.25) is 4.79 Å². The quantitative estimate of drug-likeness (QED) is 0.907. The zero-order valence-corrected chi connectivity index (χ0v) is 12.9. The van der Waals surface area contributed by atoms with Gasteiger partial charge in [-0.1, -0.05) is 18.6 Å². The minimum Gasteiger partial charge on any atom is -0.351 e. The van der Waals surface area contributed by atoms with E-state index >= 15 is 0 Å². The molecule has 2 aromatic rings. The fraction of sp³-hybridized carbons (Fsp3) is 0.412. The van der Waals surface area contributed by atoms with Gasteiger partial charge < -0.3 is 15.2 Å². The van der Waals surface area contributed by atoms with Crippen LogP contribution in [0.1, 0.15) is 30.7 Å². The Morgan fingerprint density at radius 1 is 1.36 bits per heavy atom. The fourth-order valence-corrected chi connectivity index (χ4v) is 2.81. The predicted octanol–water partition coefficient (Wildman–Crippen LogP) is 1.94. The lowest BCUT2D eigenvalue weighted by Gasteiger charge is -2.22. The molecule has 116 valence electrons. The van der Waals surface area contributed by atoms with Gasteiger partial charge in [-0.2, -0.15) is 0 Å². The number of nitrogens with one attached hydrogen (secondary N) is 2. The molecule has 5 nitrogen and oxygen atoms in total. The van der Waals surface area contributed by atoms with Crippen molar-refractivity contribution in [3.05, 3.63) is 48.0 Å². The van der Waals surface area contributed by atoms with Crippen LogP contribution in [0.3, 0.4) is 0 Å². The van der Waals surface area contributed by atoms with Crippen LogP contribution in [0.2, 0.25) is 0 Å². The molecular weight excluding hydrogens is 276 g/mol. The zero-order valence-electron chi connectivity index (χ0n) is 12.9. The molecule has 1 saturated heterocycles. The minimum absolute atomic E-state index is 0.0263. The number of hydrogen-bond donors (Lipinski definition) is 2. The smallest absolute Gasteiger partial charge is 0.237 e. The minimum atomic E-state index is -0.0263. The van der Waals surface area contributed by atoms with E-state index in [1.165, 1.54) is 6.42 Å². The van der Waals surface area contributed by atoms with Crippen LogP contribution in [-0.4, -0.2) is 28.0 Å². The van der Waals surface area contributed by atoms with Gasteiger partial charge in [0.15, 0.2) is 0 Å². The van der Waals surface area contributed by atoms with Gasteiger partial charge in [-0.25, -0.2) is 4.98 Å². The first kappa shape index (κ1) is 14.8. The first-order chi connectivity index (χ1) is 10.7. The SMILES string of the molecule is Cc1nccn1-c1ccc(CNC(=O)[C@@H]2CCCCN2)cc1. The molecule has 0 unspecified atom stereocenters. The van der Waals surface area contributed by atoms with E-state index in [4.69, 9.17) is 0 Å². The van der Waals surface area contributed by atoms with Gasteiger partial charge in [0.05, 0.1) is 6.04 Å². The van der Waals surface area contributed by atoms with Crippen LogP contribution < -0.4 is 10.6 Å². The summed E-state index contributed by atoms with van der Waals surface area (Å²) in [5.74, 6) is 1.07. The maximum absolute atomic E-state index is 12.1. The number of hydrogen-bond acceptors (Lipinski definition) is 3. The lowest BCUT2D eigenvalue weighted by molar-refractivity contribution is -0.123. The summed E-state index contributed by atoms with van der Waals surface area (Å²) in [5, 5.41) is 6.28. The summed E-state index contributed by atoms with van der Waals surface area (Å²) >= 11 is 0. The third-order valence-corrected chi connectivity index (χ3v) is 4.13. The van der Waals surface area contributed by atoms with E-state index in [2.05, 4.69) is 27.8 Å². The molecule has 3 rings (SSSR count). The van der Waals surface area contributed by atoms with Crippen LogP contribution in [0.25, 0.3) is 5.69 Å². The second-order valence-corrected chi connectivity index (χ2v) is 5.73. The highest BCUT2D eigenvalue weighted by atomic mass is 16.2. The number of carbonyl (C=O) groups excluding carboxylic acids is 1. The van der Waals surface area contributed by atoms with Crippen LogP contribution in [0.5, 0.6) is 0 Å². The number of rotatable bonds is 4. The number of piperidine rings is 1. The Morgan fingerprint density at radius 3 is 2.82 bits per heavy atom. The molecule has 2 heterocycles. The molecule has 0 aliphatic carbocycles. The van der Waals surface area contributed by atoms with Gasteiger partial charge in [0.25, 0.3) is 0 Å². The second-order valence-electron chi connectivity index (χ2n) is 5.73. The van der Waals surface area contributed by atoms with Crippen molar-refractivity contribution >= 4 is 5.91 Å². The van der Waals surface area contributed by atoms with E-state index in [0.717, 1.165) is 36.5 Å². The second kappa shape index (κ2) is 6.75. The number of imidazole rings is 1. The molecule has 22 heavy (non-hydrogen) atoms. The molecule has 2 N–H and O–H groups in total. The Hall–Kier alpha value is -2.14. The molecule has 1 aliphatic heterocycles. The fourth-order valence-electron chi connectivity index (χ4n) is 2.81. The normalized spacial score (nSPS) is 18.1.